The largest absolute Gasteiger partial charge is 0.504 e. The van der Waals surface area contributed by atoms with E-state index in [1.54, 1.807) is 7.11 Å². The van der Waals surface area contributed by atoms with Gasteiger partial charge < -0.3 is 9.84 Å². The average Bonchev–Trinajstić information content (AvgIpc) is 2.37. The van der Waals surface area contributed by atoms with Gasteiger partial charge in [-0.15, -0.1) is 0 Å². The van der Waals surface area contributed by atoms with Gasteiger partial charge in [0, 0.05) is 5.25 Å². The smallest absolute Gasteiger partial charge is 0.161 e. The molecule has 3 heteroatoms. The summed E-state index contributed by atoms with van der Waals surface area (Å²) in [6, 6.07) is 4.06. The fourth-order valence-electron chi connectivity index (χ4n) is 2.05. The minimum atomic E-state index is 0.261. The summed E-state index contributed by atoms with van der Waals surface area (Å²) < 4.78 is 5.24. The fraction of sp³-hybridized carbons (Fsp3) is 0.600. The minimum Gasteiger partial charge on any atom is -0.504 e. The molecule has 0 heterocycles. The summed E-state index contributed by atoms with van der Waals surface area (Å²) in [4.78, 5) is 0. The third-order valence-corrected chi connectivity index (χ3v) is 4.31. The number of phenols is 1. The molecular formula is C15H24O2S. The topological polar surface area (TPSA) is 29.5 Å². The van der Waals surface area contributed by atoms with Gasteiger partial charge in [-0.25, -0.2) is 0 Å². The van der Waals surface area contributed by atoms with E-state index >= 15 is 0 Å². The summed E-state index contributed by atoms with van der Waals surface area (Å²) >= 11 is 1.97. The number of phenolic OH excluding ortho intramolecular Hbond substituents is 1. The first-order valence-corrected chi connectivity index (χ1v) is 7.67. The van der Waals surface area contributed by atoms with Crippen LogP contribution in [0.3, 0.4) is 0 Å². The number of aryl methyl sites for hydroxylation is 1. The third kappa shape index (κ3) is 3.84. The van der Waals surface area contributed by atoms with E-state index in [9.17, 15) is 5.11 Å². The molecule has 0 aliphatic heterocycles. The van der Waals surface area contributed by atoms with Gasteiger partial charge in [0.25, 0.3) is 0 Å². The number of ether oxygens (including phenoxy) is 1. The molecular weight excluding hydrogens is 244 g/mol. The third-order valence-electron chi connectivity index (χ3n) is 3.07. The molecule has 1 unspecified atom stereocenters. The molecule has 0 saturated heterocycles. The molecule has 0 fully saturated rings. The Labute approximate surface area is 115 Å². The number of aromatic hydroxyl groups is 1. The molecule has 1 atom stereocenters. The van der Waals surface area contributed by atoms with Crippen LogP contribution in [0.2, 0.25) is 0 Å². The summed E-state index contributed by atoms with van der Waals surface area (Å²) in [5.74, 6) is 1.96. The zero-order valence-corrected chi connectivity index (χ0v) is 12.6. The van der Waals surface area contributed by atoms with Gasteiger partial charge in [0.1, 0.15) is 0 Å². The highest BCUT2D eigenvalue weighted by molar-refractivity contribution is 7.99. The van der Waals surface area contributed by atoms with Crippen LogP contribution >= 0.6 is 11.8 Å². The van der Waals surface area contributed by atoms with E-state index in [0.29, 0.717) is 11.0 Å². The molecule has 1 rings (SSSR count). The molecule has 102 valence electrons. The number of methoxy groups -OCH3 is 1. The van der Waals surface area contributed by atoms with Gasteiger partial charge in [-0.05, 0) is 36.3 Å². The standard InChI is InChI=1S/C15H24O2S/c1-5-7-8-14(18-6-2)12-9-11(3)15(16)13(10-12)17-4/h9-10,14,16H,5-8H2,1-4H3. The summed E-state index contributed by atoms with van der Waals surface area (Å²) in [6.07, 6.45) is 3.64. The molecule has 0 bridgehead atoms. The van der Waals surface area contributed by atoms with Crippen molar-refractivity contribution in [3.63, 3.8) is 0 Å². The molecule has 18 heavy (non-hydrogen) atoms. The monoisotopic (exact) mass is 268 g/mol. The van der Waals surface area contributed by atoms with Crippen LogP contribution in [0.15, 0.2) is 12.1 Å². The van der Waals surface area contributed by atoms with E-state index in [4.69, 9.17) is 4.74 Å². The number of rotatable bonds is 7. The minimum absolute atomic E-state index is 0.261. The van der Waals surface area contributed by atoms with Crippen LogP contribution in [0.5, 0.6) is 11.5 Å². The quantitative estimate of drug-likeness (QED) is 0.777. The summed E-state index contributed by atoms with van der Waals surface area (Å²) in [5.41, 5.74) is 2.16. The van der Waals surface area contributed by atoms with Crippen LogP contribution in [0.1, 0.15) is 49.5 Å². The molecule has 0 spiro atoms. The highest BCUT2D eigenvalue weighted by atomic mass is 32.2. The Hall–Kier alpha value is -0.830. The maximum atomic E-state index is 9.88. The van der Waals surface area contributed by atoms with Gasteiger partial charge in [-0.3, -0.25) is 0 Å². The maximum Gasteiger partial charge on any atom is 0.161 e. The lowest BCUT2D eigenvalue weighted by atomic mass is 10.0. The van der Waals surface area contributed by atoms with Gasteiger partial charge in [0.2, 0.25) is 0 Å². The number of hydrogen-bond donors (Lipinski definition) is 1. The Kier molecular flexibility index (Phi) is 6.41. The first-order valence-electron chi connectivity index (χ1n) is 6.63. The SMILES string of the molecule is CCCCC(SCC)c1cc(C)c(O)c(OC)c1. The molecule has 0 saturated carbocycles. The summed E-state index contributed by atoms with van der Waals surface area (Å²) in [6.45, 7) is 6.33. The first-order chi connectivity index (χ1) is 8.63. The molecule has 0 aliphatic rings. The normalized spacial score (nSPS) is 12.4. The number of hydrogen-bond acceptors (Lipinski definition) is 3. The van der Waals surface area contributed by atoms with Crippen molar-refractivity contribution in [1.29, 1.82) is 0 Å². The van der Waals surface area contributed by atoms with Gasteiger partial charge in [-0.1, -0.05) is 32.8 Å². The molecule has 0 amide bonds. The van der Waals surface area contributed by atoms with Crippen molar-refractivity contribution in [2.75, 3.05) is 12.9 Å². The average molecular weight is 268 g/mol. The highest BCUT2D eigenvalue weighted by Crippen LogP contribution is 2.39. The van der Waals surface area contributed by atoms with E-state index in [2.05, 4.69) is 19.9 Å². The molecule has 1 aromatic carbocycles. The predicted octanol–water partition coefficient (Wildman–Crippen LogP) is 4.69. The lowest BCUT2D eigenvalue weighted by Crippen LogP contribution is -1.98. The molecule has 0 aromatic heterocycles. The fourth-order valence-corrected chi connectivity index (χ4v) is 3.12. The van der Waals surface area contributed by atoms with E-state index in [-0.39, 0.29) is 5.75 Å². The van der Waals surface area contributed by atoms with Gasteiger partial charge >= 0.3 is 0 Å². The maximum absolute atomic E-state index is 9.88. The Morgan fingerprint density at radius 2 is 2.06 bits per heavy atom. The number of benzene rings is 1. The number of thioether (sulfide) groups is 1. The van der Waals surface area contributed by atoms with Crippen LogP contribution in [-0.4, -0.2) is 18.0 Å². The van der Waals surface area contributed by atoms with Crippen molar-refractivity contribution in [3.8, 4) is 11.5 Å². The molecule has 1 aromatic rings. The zero-order chi connectivity index (χ0) is 13.5. The van der Waals surface area contributed by atoms with Crippen LogP contribution < -0.4 is 4.74 Å². The lowest BCUT2D eigenvalue weighted by Gasteiger charge is -2.18. The molecule has 0 radical (unpaired) electrons. The lowest BCUT2D eigenvalue weighted by molar-refractivity contribution is 0.371. The van der Waals surface area contributed by atoms with Gasteiger partial charge in [0.15, 0.2) is 11.5 Å². The van der Waals surface area contributed by atoms with Crippen molar-refractivity contribution in [2.45, 2.75) is 45.3 Å². The van der Waals surface area contributed by atoms with Crippen molar-refractivity contribution < 1.29 is 9.84 Å². The van der Waals surface area contributed by atoms with Gasteiger partial charge in [-0.2, -0.15) is 11.8 Å². The van der Waals surface area contributed by atoms with Crippen LogP contribution in [0.25, 0.3) is 0 Å². The summed E-state index contributed by atoms with van der Waals surface area (Å²) in [5, 5.41) is 10.4. The van der Waals surface area contributed by atoms with E-state index in [0.717, 1.165) is 11.3 Å². The second-order valence-electron chi connectivity index (χ2n) is 4.47. The molecule has 1 N–H and O–H groups in total. The van der Waals surface area contributed by atoms with Crippen molar-refractivity contribution >= 4 is 11.8 Å². The Morgan fingerprint density at radius 3 is 2.61 bits per heavy atom. The second-order valence-corrected chi connectivity index (χ2v) is 5.95. The predicted molar refractivity (Wildman–Crippen MR) is 79.8 cm³/mol. The first kappa shape index (κ1) is 15.2. The zero-order valence-electron chi connectivity index (χ0n) is 11.8. The Bertz CT molecular complexity index is 377. The number of unbranched alkanes of at least 4 members (excludes halogenated alkanes) is 1. The Morgan fingerprint density at radius 1 is 1.33 bits per heavy atom. The van der Waals surface area contributed by atoms with E-state index in [1.807, 2.05) is 24.8 Å². The van der Waals surface area contributed by atoms with Crippen LogP contribution in [0.4, 0.5) is 0 Å². The van der Waals surface area contributed by atoms with Crippen LogP contribution in [0, 0.1) is 6.92 Å². The second kappa shape index (κ2) is 7.57. The summed E-state index contributed by atoms with van der Waals surface area (Å²) in [7, 11) is 1.60. The van der Waals surface area contributed by atoms with Crippen molar-refractivity contribution in [1.82, 2.24) is 0 Å². The Balaban J connectivity index is 2.99. The van der Waals surface area contributed by atoms with Gasteiger partial charge in [0.05, 0.1) is 7.11 Å². The van der Waals surface area contributed by atoms with E-state index < -0.39 is 0 Å². The van der Waals surface area contributed by atoms with Crippen molar-refractivity contribution in [3.05, 3.63) is 23.3 Å². The van der Waals surface area contributed by atoms with Crippen molar-refractivity contribution in [2.24, 2.45) is 0 Å². The molecule has 0 aliphatic carbocycles. The van der Waals surface area contributed by atoms with Crippen LogP contribution in [-0.2, 0) is 0 Å². The highest BCUT2D eigenvalue weighted by Gasteiger charge is 2.15. The molecule has 2 nitrogen and oxygen atoms in total. The van der Waals surface area contributed by atoms with E-state index in [1.165, 1.54) is 24.8 Å².